The van der Waals surface area contributed by atoms with Crippen LogP contribution in [0.1, 0.15) is 19.8 Å². The zero-order valence-electron chi connectivity index (χ0n) is 13.0. The first-order valence-electron chi connectivity index (χ1n) is 7.38. The largest absolute Gasteiger partial charge is 0.281 e. The third-order valence-corrected chi connectivity index (χ3v) is 5.79. The monoisotopic (exact) mass is 326 g/mol. The molecule has 2 rings (SSSR count). The van der Waals surface area contributed by atoms with Crippen LogP contribution in [0.4, 0.5) is 0 Å². The molecule has 2 heterocycles. The molecule has 1 aliphatic rings. The summed E-state index contributed by atoms with van der Waals surface area (Å²) in [6, 6.07) is 2.07. The smallest absolute Gasteiger partial charge is 0.252 e. The minimum Gasteiger partial charge on any atom is -0.252 e. The summed E-state index contributed by atoms with van der Waals surface area (Å²) in [6.45, 7) is 3.61. The van der Waals surface area contributed by atoms with Crippen LogP contribution in [0.15, 0.2) is 12.4 Å². The molecule has 1 aliphatic heterocycles. The normalized spacial score (nSPS) is 21.6. The Hall–Kier alpha value is -1.50. The van der Waals surface area contributed by atoms with Crippen LogP contribution in [0.5, 0.6) is 0 Å². The Kier molecular flexibility index (Phi) is 5.50. The first kappa shape index (κ1) is 16.9. The van der Waals surface area contributed by atoms with Crippen LogP contribution in [0.3, 0.4) is 0 Å². The van der Waals surface area contributed by atoms with E-state index in [2.05, 4.69) is 16.4 Å². The van der Waals surface area contributed by atoms with Gasteiger partial charge in [0.25, 0.3) is 10.2 Å². The molecule has 0 spiro atoms. The van der Waals surface area contributed by atoms with Gasteiger partial charge in [-0.3, -0.25) is 4.68 Å². The van der Waals surface area contributed by atoms with Crippen LogP contribution in [-0.4, -0.2) is 58.7 Å². The molecule has 0 aromatic carbocycles. The highest BCUT2D eigenvalue weighted by Gasteiger charge is 2.32. The number of nitriles is 1. The first-order chi connectivity index (χ1) is 10.4. The Morgan fingerprint density at radius 1 is 1.55 bits per heavy atom. The van der Waals surface area contributed by atoms with Gasteiger partial charge in [0.2, 0.25) is 0 Å². The zero-order chi connectivity index (χ0) is 16.2. The van der Waals surface area contributed by atoms with E-state index < -0.39 is 10.2 Å². The van der Waals surface area contributed by atoms with E-state index >= 15 is 0 Å². The van der Waals surface area contributed by atoms with Crippen LogP contribution < -0.4 is 0 Å². The van der Waals surface area contributed by atoms with E-state index in [1.807, 2.05) is 0 Å². The van der Waals surface area contributed by atoms with Gasteiger partial charge in [-0.15, -0.1) is 5.10 Å². The van der Waals surface area contributed by atoms with Crippen molar-refractivity contribution in [2.75, 3.05) is 26.7 Å². The lowest BCUT2D eigenvalue weighted by Crippen LogP contribution is -2.48. The van der Waals surface area contributed by atoms with Crippen molar-refractivity contribution in [3.8, 4) is 6.07 Å². The molecule has 1 aromatic rings. The molecule has 1 saturated heterocycles. The molecule has 0 radical (unpaired) electrons. The van der Waals surface area contributed by atoms with Crippen molar-refractivity contribution in [2.45, 2.75) is 26.3 Å². The second-order valence-corrected chi connectivity index (χ2v) is 7.85. The number of hydrogen-bond donors (Lipinski definition) is 0. The molecular formula is C13H22N6O2S. The van der Waals surface area contributed by atoms with Crippen LogP contribution in [0.2, 0.25) is 0 Å². The molecule has 0 aliphatic carbocycles. The molecule has 0 bridgehead atoms. The molecule has 0 N–H and O–H groups in total. The van der Waals surface area contributed by atoms with E-state index in [9.17, 15) is 8.42 Å². The molecule has 2 atom stereocenters. The molecule has 8 nitrogen and oxygen atoms in total. The van der Waals surface area contributed by atoms with Crippen molar-refractivity contribution in [2.24, 2.45) is 11.8 Å². The summed E-state index contributed by atoms with van der Waals surface area (Å²) in [6.07, 6.45) is 5.22. The zero-order valence-corrected chi connectivity index (χ0v) is 13.8. The standard InChI is InChI=1S/C13H22N6O2S/c1-12(8-14)9-17(2)22(20,21)19-6-3-4-13(11-19)10-18-7-5-15-16-18/h5,7,12-13H,3-4,6,9-11H2,1-2H3/t12-,13+/m1/s1. The predicted octanol–water partition coefficient (Wildman–Crippen LogP) is 0.326. The topological polar surface area (TPSA) is 95.1 Å². The second kappa shape index (κ2) is 7.17. The number of hydrogen-bond acceptors (Lipinski definition) is 5. The molecule has 22 heavy (non-hydrogen) atoms. The van der Waals surface area contributed by atoms with Crippen molar-refractivity contribution in [1.29, 1.82) is 5.26 Å². The third kappa shape index (κ3) is 4.03. The molecule has 0 saturated carbocycles. The summed E-state index contributed by atoms with van der Waals surface area (Å²) in [4.78, 5) is 0. The van der Waals surface area contributed by atoms with E-state index in [1.165, 1.54) is 15.7 Å². The van der Waals surface area contributed by atoms with Crippen molar-refractivity contribution in [3.63, 3.8) is 0 Å². The van der Waals surface area contributed by atoms with Gasteiger partial charge in [-0.1, -0.05) is 5.21 Å². The first-order valence-corrected chi connectivity index (χ1v) is 8.78. The fourth-order valence-corrected chi connectivity index (χ4v) is 4.26. The van der Waals surface area contributed by atoms with Gasteiger partial charge in [-0.2, -0.15) is 22.3 Å². The average molecular weight is 326 g/mol. The summed E-state index contributed by atoms with van der Waals surface area (Å²) in [5.41, 5.74) is 0. The van der Waals surface area contributed by atoms with E-state index in [4.69, 9.17) is 5.26 Å². The quantitative estimate of drug-likeness (QED) is 0.750. The molecular weight excluding hydrogens is 304 g/mol. The Bertz CT molecular complexity index is 609. The number of nitrogens with zero attached hydrogens (tertiary/aromatic N) is 6. The number of piperidine rings is 1. The van der Waals surface area contributed by atoms with Gasteiger partial charge in [-0.05, 0) is 25.7 Å². The molecule has 122 valence electrons. The Morgan fingerprint density at radius 2 is 2.32 bits per heavy atom. The molecule has 0 amide bonds. The van der Waals surface area contributed by atoms with Crippen LogP contribution in [0, 0.1) is 23.2 Å². The lowest BCUT2D eigenvalue weighted by Gasteiger charge is -2.34. The maximum absolute atomic E-state index is 12.6. The van der Waals surface area contributed by atoms with Crippen LogP contribution in [-0.2, 0) is 16.8 Å². The fourth-order valence-electron chi connectivity index (χ4n) is 2.70. The van der Waals surface area contributed by atoms with Gasteiger partial charge in [0.15, 0.2) is 0 Å². The second-order valence-electron chi connectivity index (χ2n) is 5.81. The maximum atomic E-state index is 12.6. The van der Waals surface area contributed by atoms with Gasteiger partial charge in [0.1, 0.15) is 0 Å². The molecule has 1 fully saturated rings. The summed E-state index contributed by atoms with van der Waals surface area (Å²) in [7, 11) is -1.98. The van der Waals surface area contributed by atoms with Gasteiger partial charge < -0.3 is 0 Å². The molecule has 9 heteroatoms. The van der Waals surface area contributed by atoms with E-state index in [1.54, 1.807) is 24.0 Å². The van der Waals surface area contributed by atoms with Crippen molar-refractivity contribution >= 4 is 10.2 Å². The van der Waals surface area contributed by atoms with Crippen LogP contribution in [0.25, 0.3) is 0 Å². The Labute approximate surface area is 131 Å². The fraction of sp³-hybridized carbons (Fsp3) is 0.769. The summed E-state index contributed by atoms with van der Waals surface area (Å²) in [5, 5.41) is 16.5. The van der Waals surface area contributed by atoms with E-state index in [0.29, 0.717) is 19.6 Å². The highest BCUT2D eigenvalue weighted by molar-refractivity contribution is 7.86. The lowest BCUT2D eigenvalue weighted by molar-refractivity contribution is 0.226. The minimum absolute atomic E-state index is 0.211. The number of aromatic nitrogens is 3. The van der Waals surface area contributed by atoms with Gasteiger partial charge >= 0.3 is 0 Å². The summed E-state index contributed by atoms with van der Waals surface area (Å²) < 4.78 is 29.7. The van der Waals surface area contributed by atoms with Crippen molar-refractivity contribution in [1.82, 2.24) is 23.6 Å². The van der Waals surface area contributed by atoms with Crippen LogP contribution >= 0.6 is 0 Å². The van der Waals surface area contributed by atoms with Crippen molar-refractivity contribution < 1.29 is 8.42 Å². The predicted molar refractivity (Wildman–Crippen MR) is 80.6 cm³/mol. The average Bonchev–Trinajstić information content (AvgIpc) is 3.00. The van der Waals surface area contributed by atoms with Gasteiger partial charge in [0.05, 0.1) is 18.2 Å². The Morgan fingerprint density at radius 3 is 2.95 bits per heavy atom. The maximum Gasteiger partial charge on any atom is 0.281 e. The van der Waals surface area contributed by atoms with E-state index in [-0.39, 0.29) is 18.4 Å². The lowest BCUT2D eigenvalue weighted by atomic mass is 10.00. The van der Waals surface area contributed by atoms with Gasteiger partial charge in [0, 0.05) is 39.4 Å². The molecule has 1 aromatic heterocycles. The van der Waals surface area contributed by atoms with Gasteiger partial charge in [-0.25, -0.2) is 0 Å². The highest BCUT2D eigenvalue weighted by atomic mass is 32.2. The number of rotatable bonds is 6. The minimum atomic E-state index is -3.51. The molecule has 0 unspecified atom stereocenters. The summed E-state index contributed by atoms with van der Waals surface area (Å²) >= 11 is 0. The highest BCUT2D eigenvalue weighted by Crippen LogP contribution is 2.22. The SMILES string of the molecule is C[C@H](C#N)CN(C)S(=O)(=O)N1CCC[C@@H](Cn2ccnn2)C1. The van der Waals surface area contributed by atoms with Crippen molar-refractivity contribution in [3.05, 3.63) is 12.4 Å². The van der Waals surface area contributed by atoms with E-state index in [0.717, 1.165) is 12.8 Å². The third-order valence-electron chi connectivity index (χ3n) is 3.87. The Balaban J connectivity index is 1.99. The summed E-state index contributed by atoms with van der Waals surface area (Å²) in [5.74, 6) is -0.0949.